The van der Waals surface area contributed by atoms with Crippen LogP contribution in [-0.2, 0) is 6.54 Å². The van der Waals surface area contributed by atoms with Gasteiger partial charge in [-0.15, -0.1) is 0 Å². The Kier molecular flexibility index (Phi) is 3.22. The van der Waals surface area contributed by atoms with Gasteiger partial charge in [0.15, 0.2) is 0 Å². The number of hydrogen-bond donors (Lipinski definition) is 1. The summed E-state index contributed by atoms with van der Waals surface area (Å²) in [4.78, 5) is 11.0. The molecule has 0 radical (unpaired) electrons. The van der Waals surface area contributed by atoms with Gasteiger partial charge < -0.3 is 9.67 Å². The monoisotopic (exact) mass is 283 g/mol. The molecule has 0 saturated heterocycles. The molecule has 1 aromatic heterocycles. The van der Waals surface area contributed by atoms with Crippen molar-refractivity contribution in [1.82, 2.24) is 4.57 Å². The summed E-state index contributed by atoms with van der Waals surface area (Å²) in [6, 6.07) is 12.3. The Bertz CT molecular complexity index is 836. The molecule has 0 aliphatic carbocycles. The van der Waals surface area contributed by atoms with Crippen molar-refractivity contribution >= 4 is 16.9 Å². The van der Waals surface area contributed by atoms with Gasteiger partial charge in [-0.1, -0.05) is 18.2 Å². The molecule has 0 aliphatic rings. The van der Waals surface area contributed by atoms with E-state index in [2.05, 4.69) is 0 Å². The van der Waals surface area contributed by atoms with Crippen LogP contribution in [0.3, 0.4) is 0 Å². The van der Waals surface area contributed by atoms with Gasteiger partial charge in [0.2, 0.25) is 0 Å². The number of carbonyl (C=O) groups is 1. The second kappa shape index (κ2) is 5.05. The van der Waals surface area contributed by atoms with Crippen LogP contribution in [0.1, 0.15) is 21.5 Å². The minimum atomic E-state index is -1.25. The fourth-order valence-corrected chi connectivity index (χ4v) is 2.55. The highest BCUT2D eigenvalue weighted by atomic mass is 19.1. The van der Waals surface area contributed by atoms with Gasteiger partial charge in [-0.05, 0) is 42.3 Å². The summed E-state index contributed by atoms with van der Waals surface area (Å²) in [6.07, 6.45) is 1.96. The van der Waals surface area contributed by atoms with Crippen molar-refractivity contribution in [2.24, 2.45) is 0 Å². The fraction of sp³-hybridized carbons (Fsp3) is 0.118. The van der Waals surface area contributed by atoms with Crippen LogP contribution in [0.25, 0.3) is 10.9 Å². The maximum Gasteiger partial charge on any atom is 0.338 e. The lowest BCUT2D eigenvalue weighted by molar-refractivity contribution is 0.0691. The molecule has 0 atom stereocenters. The van der Waals surface area contributed by atoms with Gasteiger partial charge in [0.05, 0.1) is 5.56 Å². The van der Waals surface area contributed by atoms with Crippen LogP contribution < -0.4 is 0 Å². The zero-order valence-electron chi connectivity index (χ0n) is 11.5. The van der Waals surface area contributed by atoms with Crippen LogP contribution in [-0.4, -0.2) is 15.6 Å². The Morgan fingerprint density at radius 3 is 2.81 bits per heavy atom. The predicted molar refractivity (Wildman–Crippen MR) is 79.1 cm³/mol. The average molecular weight is 283 g/mol. The van der Waals surface area contributed by atoms with Crippen molar-refractivity contribution in [2.75, 3.05) is 0 Å². The van der Waals surface area contributed by atoms with E-state index >= 15 is 0 Å². The van der Waals surface area contributed by atoms with Crippen molar-refractivity contribution in [3.05, 3.63) is 71.2 Å². The quantitative estimate of drug-likeness (QED) is 0.793. The first-order valence-corrected chi connectivity index (χ1v) is 6.62. The molecule has 1 N–H and O–H groups in total. The van der Waals surface area contributed by atoms with E-state index < -0.39 is 11.8 Å². The minimum Gasteiger partial charge on any atom is -0.478 e. The predicted octanol–water partition coefficient (Wildman–Crippen LogP) is 3.84. The Morgan fingerprint density at radius 2 is 2.05 bits per heavy atom. The lowest BCUT2D eigenvalue weighted by Crippen LogP contribution is -2.04. The molecule has 0 aliphatic heterocycles. The summed E-state index contributed by atoms with van der Waals surface area (Å²) in [6.45, 7) is 2.56. The molecular formula is C17H14FNO2. The van der Waals surface area contributed by atoms with E-state index in [0.717, 1.165) is 16.5 Å². The van der Waals surface area contributed by atoms with Crippen molar-refractivity contribution in [3.63, 3.8) is 0 Å². The highest BCUT2D eigenvalue weighted by Crippen LogP contribution is 2.21. The summed E-state index contributed by atoms with van der Waals surface area (Å²) in [5.74, 6) is -1.96. The molecule has 0 fully saturated rings. The number of benzene rings is 2. The molecule has 0 bridgehead atoms. The number of carboxylic acid groups (broad SMARTS) is 1. The van der Waals surface area contributed by atoms with Crippen LogP contribution in [0, 0.1) is 12.7 Å². The first kappa shape index (κ1) is 13.4. The molecule has 4 heteroatoms. The standard InChI is InChI=1S/C17H14FNO2/c1-11-3-2-4-16-13(11)7-8-19(16)10-12-5-6-15(18)14(9-12)17(20)21/h2-9H,10H2,1H3,(H,20,21). The molecule has 3 rings (SSSR count). The van der Waals surface area contributed by atoms with Gasteiger partial charge in [0, 0.05) is 23.6 Å². The number of aromatic carboxylic acids is 1. The van der Waals surface area contributed by atoms with Gasteiger partial charge in [-0.2, -0.15) is 0 Å². The van der Waals surface area contributed by atoms with Gasteiger partial charge in [0.25, 0.3) is 0 Å². The van der Waals surface area contributed by atoms with E-state index in [9.17, 15) is 9.18 Å². The van der Waals surface area contributed by atoms with E-state index in [-0.39, 0.29) is 5.56 Å². The van der Waals surface area contributed by atoms with Crippen LogP contribution in [0.4, 0.5) is 4.39 Å². The van der Waals surface area contributed by atoms with E-state index in [1.807, 2.05) is 42.0 Å². The van der Waals surface area contributed by atoms with E-state index in [4.69, 9.17) is 5.11 Å². The number of carboxylic acids is 1. The molecule has 3 nitrogen and oxygen atoms in total. The normalized spacial score (nSPS) is 11.0. The first-order chi connectivity index (χ1) is 10.1. The maximum absolute atomic E-state index is 13.4. The number of rotatable bonds is 3. The zero-order chi connectivity index (χ0) is 15.0. The molecule has 0 saturated carbocycles. The maximum atomic E-state index is 13.4. The largest absolute Gasteiger partial charge is 0.478 e. The number of aromatic nitrogens is 1. The fourth-order valence-electron chi connectivity index (χ4n) is 2.55. The lowest BCUT2D eigenvalue weighted by atomic mass is 10.1. The summed E-state index contributed by atoms with van der Waals surface area (Å²) < 4.78 is 15.4. The van der Waals surface area contributed by atoms with E-state index in [1.165, 1.54) is 17.7 Å². The van der Waals surface area contributed by atoms with Crippen molar-refractivity contribution in [3.8, 4) is 0 Å². The molecule has 0 spiro atoms. The van der Waals surface area contributed by atoms with Gasteiger partial charge in [-0.25, -0.2) is 9.18 Å². The third-order valence-electron chi connectivity index (χ3n) is 3.65. The molecule has 2 aromatic carbocycles. The molecule has 106 valence electrons. The van der Waals surface area contributed by atoms with Crippen molar-refractivity contribution < 1.29 is 14.3 Å². The summed E-state index contributed by atoms with van der Waals surface area (Å²) in [5, 5.41) is 10.1. The molecular weight excluding hydrogens is 269 g/mol. The second-order valence-corrected chi connectivity index (χ2v) is 5.07. The van der Waals surface area contributed by atoms with Gasteiger partial charge >= 0.3 is 5.97 Å². The number of nitrogens with zero attached hydrogens (tertiary/aromatic N) is 1. The van der Waals surface area contributed by atoms with Crippen LogP contribution in [0.2, 0.25) is 0 Å². The molecule has 21 heavy (non-hydrogen) atoms. The Morgan fingerprint density at radius 1 is 1.24 bits per heavy atom. The Balaban J connectivity index is 2.01. The van der Waals surface area contributed by atoms with Crippen LogP contribution in [0.5, 0.6) is 0 Å². The third kappa shape index (κ3) is 2.40. The van der Waals surface area contributed by atoms with Crippen LogP contribution in [0.15, 0.2) is 48.7 Å². The Hall–Kier alpha value is -2.62. The molecule has 3 aromatic rings. The molecule has 0 unspecified atom stereocenters. The van der Waals surface area contributed by atoms with Crippen molar-refractivity contribution in [2.45, 2.75) is 13.5 Å². The van der Waals surface area contributed by atoms with Gasteiger partial charge in [0.1, 0.15) is 5.82 Å². The highest BCUT2D eigenvalue weighted by molar-refractivity contribution is 5.88. The minimum absolute atomic E-state index is 0.292. The number of halogens is 1. The number of aryl methyl sites for hydroxylation is 1. The third-order valence-corrected chi connectivity index (χ3v) is 3.65. The second-order valence-electron chi connectivity index (χ2n) is 5.07. The van der Waals surface area contributed by atoms with Crippen molar-refractivity contribution in [1.29, 1.82) is 0 Å². The topological polar surface area (TPSA) is 42.2 Å². The van der Waals surface area contributed by atoms with E-state index in [0.29, 0.717) is 6.54 Å². The SMILES string of the molecule is Cc1cccc2c1ccn2Cc1ccc(F)c(C(=O)O)c1. The number of fused-ring (bicyclic) bond motifs is 1. The zero-order valence-corrected chi connectivity index (χ0v) is 11.5. The summed E-state index contributed by atoms with van der Waals surface area (Å²) >= 11 is 0. The van der Waals surface area contributed by atoms with Crippen LogP contribution >= 0.6 is 0 Å². The molecule has 1 heterocycles. The smallest absolute Gasteiger partial charge is 0.338 e. The van der Waals surface area contributed by atoms with E-state index in [1.54, 1.807) is 6.07 Å². The summed E-state index contributed by atoms with van der Waals surface area (Å²) in [5.41, 5.74) is 2.74. The number of hydrogen-bond acceptors (Lipinski definition) is 1. The average Bonchev–Trinajstić information content (AvgIpc) is 2.85. The lowest BCUT2D eigenvalue weighted by Gasteiger charge is -2.08. The highest BCUT2D eigenvalue weighted by Gasteiger charge is 2.11. The molecule has 0 amide bonds. The Labute approximate surface area is 121 Å². The van der Waals surface area contributed by atoms with Gasteiger partial charge in [-0.3, -0.25) is 0 Å². The first-order valence-electron chi connectivity index (χ1n) is 6.62. The summed E-state index contributed by atoms with van der Waals surface area (Å²) in [7, 11) is 0.